The molecule has 6 heteroatoms. The number of aryl methyl sites for hydroxylation is 1. The van der Waals surface area contributed by atoms with Crippen molar-refractivity contribution >= 4 is 40.5 Å². The first-order valence-electron chi connectivity index (χ1n) is 5.93. The summed E-state index contributed by atoms with van der Waals surface area (Å²) in [7, 11) is 0. The van der Waals surface area contributed by atoms with Gasteiger partial charge in [0.05, 0.1) is 21.2 Å². The summed E-state index contributed by atoms with van der Waals surface area (Å²) >= 11 is 7.32. The molecular formula is C14H12ClNO3S. The number of thiophene rings is 1. The standard InChI is InChI=1S/C14H12ClNO3S/c1-2-8-5-6-20-12(8)13(17)16-11-7-9(14(18)19)3-4-10(11)15/h3-7H,2H2,1H3,(H,16,17)(H,18,19). The van der Waals surface area contributed by atoms with Crippen LogP contribution in [0, 0.1) is 0 Å². The van der Waals surface area contributed by atoms with Gasteiger partial charge in [-0.3, -0.25) is 4.79 Å². The minimum Gasteiger partial charge on any atom is -0.478 e. The van der Waals surface area contributed by atoms with Crippen LogP contribution in [0.5, 0.6) is 0 Å². The molecule has 0 aliphatic heterocycles. The molecule has 0 spiro atoms. The molecule has 104 valence electrons. The van der Waals surface area contributed by atoms with E-state index >= 15 is 0 Å². The zero-order valence-corrected chi connectivity index (χ0v) is 12.2. The lowest BCUT2D eigenvalue weighted by atomic mass is 10.2. The maximum Gasteiger partial charge on any atom is 0.335 e. The van der Waals surface area contributed by atoms with E-state index in [9.17, 15) is 9.59 Å². The van der Waals surface area contributed by atoms with Crippen LogP contribution in [0.3, 0.4) is 0 Å². The van der Waals surface area contributed by atoms with E-state index in [1.165, 1.54) is 29.5 Å². The van der Waals surface area contributed by atoms with Gasteiger partial charge in [0.1, 0.15) is 0 Å². The smallest absolute Gasteiger partial charge is 0.335 e. The highest BCUT2D eigenvalue weighted by Gasteiger charge is 2.15. The third-order valence-electron chi connectivity index (χ3n) is 2.80. The Morgan fingerprint density at radius 3 is 2.75 bits per heavy atom. The van der Waals surface area contributed by atoms with Gasteiger partial charge in [-0.2, -0.15) is 0 Å². The number of halogens is 1. The second-order valence-corrected chi connectivity index (χ2v) is 5.41. The van der Waals surface area contributed by atoms with E-state index in [0.29, 0.717) is 15.6 Å². The van der Waals surface area contributed by atoms with E-state index in [4.69, 9.17) is 16.7 Å². The Balaban J connectivity index is 2.28. The molecule has 0 atom stereocenters. The molecule has 0 saturated carbocycles. The lowest BCUT2D eigenvalue weighted by Gasteiger charge is -2.08. The fraction of sp³-hybridized carbons (Fsp3) is 0.143. The normalized spacial score (nSPS) is 10.3. The Labute approximate surface area is 125 Å². The zero-order valence-electron chi connectivity index (χ0n) is 10.6. The second-order valence-electron chi connectivity index (χ2n) is 4.08. The van der Waals surface area contributed by atoms with Crippen LogP contribution < -0.4 is 5.32 Å². The Morgan fingerprint density at radius 2 is 2.10 bits per heavy atom. The van der Waals surface area contributed by atoms with Crippen LogP contribution in [0.15, 0.2) is 29.6 Å². The largest absolute Gasteiger partial charge is 0.478 e. The average molecular weight is 310 g/mol. The Morgan fingerprint density at radius 1 is 1.35 bits per heavy atom. The summed E-state index contributed by atoms with van der Waals surface area (Å²) in [5.41, 5.74) is 1.33. The Bertz CT molecular complexity index is 666. The van der Waals surface area contributed by atoms with Crippen molar-refractivity contribution in [3.05, 3.63) is 50.7 Å². The monoisotopic (exact) mass is 309 g/mol. The van der Waals surface area contributed by atoms with E-state index in [2.05, 4.69) is 5.32 Å². The molecular weight excluding hydrogens is 298 g/mol. The number of carboxylic acids is 1. The highest BCUT2D eigenvalue weighted by molar-refractivity contribution is 7.12. The number of hydrogen-bond acceptors (Lipinski definition) is 3. The maximum absolute atomic E-state index is 12.2. The second kappa shape index (κ2) is 6.07. The number of aromatic carboxylic acids is 1. The third kappa shape index (κ3) is 3.00. The average Bonchev–Trinajstić information content (AvgIpc) is 2.89. The van der Waals surface area contributed by atoms with Gasteiger partial charge in [0, 0.05) is 0 Å². The molecule has 0 bridgehead atoms. The molecule has 0 aliphatic carbocycles. The molecule has 0 saturated heterocycles. The molecule has 0 fully saturated rings. The van der Waals surface area contributed by atoms with Crippen LogP contribution in [0.25, 0.3) is 0 Å². The van der Waals surface area contributed by atoms with Crippen LogP contribution >= 0.6 is 22.9 Å². The van der Waals surface area contributed by atoms with Gasteiger partial charge in [0.15, 0.2) is 0 Å². The van der Waals surface area contributed by atoms with Crippen molar-refractivity contribution < 1.29 is 14.7 Å². The summed E-state index contributed by atoms with van der Waals surface area (Å²) in [6.45, 7) is 1.97. The SMILES string of the molecule is CCc1ccsc1C(=O)Nc1cc(C(=O)O)ccc1Cl. The molecule has 1 aromatic carbocycles. The molecule has 2 aromatic rings. The van der Waals surface area contributed by atoms with Crippen molar-refractivity contribution in [1.29, 1.82) is 0 Å². The summed E-state index contributed by atoms with van der Waals surface area (Å²) in [5.74, 6) is -1.34. The number of rotatable bonds is 4. The molecule has 20 heavy (non-hydrogen) atoms. The van der Waals surface area contributed by atoms with Gasteiger partial charge in [-0.1, -0.05) is 18.5 Å². The van der Waals surface area contributed by atoms with Crippen molar-refractivity contribution in [3.63, 3.8) is 0 Å². The maximum atomic E-state index is 12.2. The van der Waals surface area contributed by atoms with Gasteiger partial charge < -0.3 is 10.4 Å². The van der Waals surface area contributed by atoms with Crippen molar-refractivity contribution in [2.24, 2.45) is 0 Å². The first kappa shape index (κ1) is 14.6. The molecule has 2 N–H and O–H groups in total. The van der Waals surface area contributed by atoms with Crippen molar-refractivity contribution in [1.82, 2.24) is 0 Å². The van der Waals surface area contributed by atoms with E-state index < -0.39 is 5.97 Å². The number of nitrogens with one attached hydrogen (secondary N) is 1. The van der Waals surface area contributed by atoms with Crippen molar-refractivity contribution in [2.75, 3.05) is 5.32 Å². The number of amides is 1. The summed E-state index contributed by atoms with van der Waals surface area (Å²) in [6, 6.07) is 6.09. The first-order chi connectivity index (χ1) is 9.52. The van der Waals surface area contributed by atoms with Crippen molar-refractivity contribution in [2.45, 2.75) is 13.3 Å². The molecule has 1 aromatic heterocycles. The van der Waals surface area contributed by atoms with Crippen LogP contribution in [-0.2, 0) is 6.42 Å². The van der Waals surface area contributed by atoms with Crippen LogP contribution in [0.2, 0.25) is 5.02 Å². The van der Waals surface area contributed by atoms with Crippen LogP contribution in [0.1, 0.15) is 32.5 Å². The fourth-order valence-electron chi connectivity index (χ4n) is 1.75. The minimum atomic E-state index is -1.07. The van der Waals surface area contributed by atoms with Crippen LogP contribution in [0.4, 0.5) is 5.69 Å². The van der Waals surface area contributed by atoms with E-state index in [0.717, 1.165) is 12.0 Å². The van der Waals surface area contributed by atoms with Gasteiger partial charge in [-0.15, -0.1) is 11.3 Å². The number of carbonyl (C=O) groups excluding carboxylic acids is 1. The number of hydrogen-bond donors (Lipinski definition) is 2. The number of benzene rings is 1. The molecule has 4 nitrogen and oxygen atoms in total. The highest BCUT2D eigenvalue weighted by Crippen LogP contribution is 2.25. The molecule has 0 radical (unpaired) electrons. The number of anilines is 1. The Kier molecular flexibility index (Phi) is 4.42. The minimum absolute atomic E-state index is 0.0756. The van der Waals surface area contributed by atoms with E-state index in [-0.39, 0.29) is 11.5 Å². The summed E-state index contributed by atoms with van der Waals surface area (Å²) in [5, 5.41) is 13.8. The van der Waals surface area contributed by atoms with Gasteiger partial charge in [0.2, 0.25) is 0 Å². The number of carboxylic acid groups (broad SMARTS) is 1. The quantitative estimate of drug-likeness (QED) is 0.899. The summed E-state index contributed by atoms with van der Waals surface area (Å²) in [6.07, 6.45) is 0.759. The predicted octanol–water partition coefficient (Wildman–Crippen LogP) is 3.91. The molecule has 0 aliphatic rings. The lowest BCUT2D eigenvalue weighted by molar-refractivity contribution is 0.0696. The summed E-state index contributed by atoms with van der Waals surface area (Å²) in [4.78, 5) is 23.7. The van der Waals surface area contributed by atoms with Gasteiger partial charge >= 0.3 is 5.97 Å². The third-order valence-corrected chi connectivity index (χ3v) is 4.08. The molecule has 1 amide bonds. The van der Waals surface area contributed by atoms with Gasteiger partial charge in [-0.05, 0) is 41.6 Å². The highest BCUT2D eigenvalue weighted by atomic mass is 35.5. The van der Waals surface area contributed by atoms with Gasteiger partial charge in [0.25, 0.3) is 5.91 Å². The molecule has 2 rings (SSSR count). The van der Waals surface area contributed by atoms with Gasteiger partial charge in [-0.25, -0.2) is 4.79 Å². The van der Waals surface area contributed by atoms with E-state index in [1.54, 1.807) is 0 Å². The molecule has 1 heterocycles. The molecule has 0 unspecified atom stereocenters. The van der Waals surface area contributed by atoms with E-state index in [1.807, 2.05) is 18.4 Å². The number of carbonyl (C=O) groups is 2. The fourth-order valence-corrected chi connectivity index (χ4v) is 2.80. The lowest BCUT2D eigenvalue weighted by Crippen LogP contribution is -2.13. The first-order valence-corrected chi connectivity index (χ1v) is 7.19. The summed E-state index contributed by atoms with van der Waals surface area (Å²) < 4.78 is 0. The van der Waals surface area contributed by atoms with Crippen LogP contribution in [-0.4, -0.2) is 17.0 Å². The van der Waals surface area contributed by atoms with Crippen molar-refractivity contribution in [3.8, 4) is 0 Å². The topological polar surface area (TPSA) is 66.4 Å². The predicted molar refractivity (Wildman–Crippen MR) is 80.1 cm³/mol. The zero-order chi connectivity index (χ0) is 14.7. The Hall–Kier alpha value is -1.85.